The molecule has 0 aromatic carbocycles. The molecule has 10 heavy (non-hydrogen) atoms. The third-order valence-electron chi connectivity index (χ3n) is 2.05. The molecule has 0 N–H and O–H groups in total. The van der Waals surface area contributed by atoms with E-state index in [-0.39, 0.29) is 0 Å². The number of hydrogen-bond acceptors (Lipinski definition) is 0. The lowest BCUT2D eigenvalue weighted by molar-refractivity contribution is 0.623. The van der Waals surface area contributed by atoms with Gasteiger partial charge in [0.25, 0.3) is 0 Å². The number of rotatable bonds is 1. The van der Waals surface area contributed by atoms with Crippen molar-refractivity contribution in [1.29, 1.82) is 0 Å². The van der Waals surface area contributed by atoms with Gasteiger partial charge < -0.3 is 0 Å². The lowest BCUT2D eigenvalue weighted by Crippen LogP contribution is -2.02. The van der Waals surface area contributed by atoms with Crippen molar-refractivity contribution in [3.63, 3.8) is 0 Å². The fourth-order valence-electron chi connectivity index (χ4n) is 1.30. The molecule has 0 saturated carbocycles. The molecule has 1 aliphatic carbocycles. The molecule has 0 saturated heterocycles. The van der Waals surface area contributed by atoms with Crippen molar-refractivity contribution in [2.45, 2.75) is 27.2 Å². The van der Waals surface area contributed by atoms with Gasteiger partial charge in [-0.2, -0.15) is 0 Å². The smallest absolute Gasteiger partial charge is 0.0221 e. The average Bonchev–Trinajstić information content (AvgIpc) is 1.88. The molecule has 0 aromatic rings. The predicted molar refractivity (Wildman–Crippen MR) is 45.8 cm³/mol. The van der Waals surface area contributed by atoms with Gasteiger partial charge >= 0.3 is 0 Å². The summed E-state index contributed by atoms with van der Waals surface area (Å²) in [6.07, 6.45) is 7.97. The van der Waals surface area contributed by atoms with Gasteiger partial charge in [0, 0.05) is 0 Å². The SMILES string of the molecule is CC1C=CC=C(C(C)C)C1. The van der Waals surface area contributed by atoms with E-state index in [4.69, 9.17) is 0 Å². The maximum Gasteiger partial charge on any atom is -0.0221 e. The highest BCUT2D eigenvalue weighted by Crippen LogP contribution is 2.23. The molecule has 0 bridgehead atoms. The molecule has 0 radical (unpaired) electrons. The fraction of sp³-hybridized carbons (Fsp3) is 0.600. The highest BCUT2D eigenvalue weighted by Gasteiger charge is 2.08. The van der Waals surface area contributed by atoms with E-state index in [1.54, 1.807) is 5.57 Å². The summed E-state index contributed by atoms with van der Waals surface area (Å²) in [5, 5.41) is 0. The lowest BCUT2D eigenvalue weighted by Gasteiger charge is -2.16. The minimum absolute atomic E-state index is 0.729. The van der Waals surface area contributed by atoms with Gasteiger partial charge in [-0.05, 0) is 18.3 Å². The van der Waals surface area contributed by atoms with E-state index in [9.17, 15) is 0 Å². The van der Waals surface area contributed by atoms with Crippen LogP contribution in [0.1, 0.15) is 27.2 Å². The molecule has 1 rings (SSSR count). The monoisotopic (exact) mass is 136 g/mol. The standard InChI is InChI=1S/C10H16/c1-8(2)10-6-4-5-9(3)7-10/h4-6,8-9H,7H2,1-3H3. The zero-order valence-electron chi connectivity index (χ0n) is 7.09. The van der Waals surface area contributed by atoms with Crippen molar-refractivity contribution in [3.8, 4) is 0 Å². The summed E-state index contributed by atoms with van der Waals surface area (Å²) < 4.78 is 0. The topological polar surface area (TPSA) is 0 Å². The molecule has 0 spiro atoms. The van der Waals surface area contributed by atoms with Gasteiger partial charge in [0.1, 0.15) is 0 Å². The Bertz CT molecular complexity index is 161. The Labute approximate surface area is 63.6 Å². The van der Waals surface area contributed by atoms with Crippen LogP contribution in [0.2, 0.25) is 0 Å². The highest BCUT2D eigenvalue weighted by molar-refractivity contribution is 5.20. The molecule has 1 atom stereocenters. The largest absolute Gasteiger partial charge is 0.0814 e. The van der Waals surface area contributed by atoms with Gasteiger partial charge in [0.2, 0.25) is 0 Å². The second-order valence-corrected chi connectivity index (χ2v) is 3.46. The summed E-state index contributed by atoms with van der Waals surface area (Å²) >= 11 is 0. The Morgan fingerprint density at radius 2 is 2.20 bits per heavy atom. The molecular formula is C10H16. The van der Waals surface area contributed by atoms with Crippen LogP contribution < -0.4 is 0 Å². The van der Waals surface area contributed by atoms with Crippen LogP contribution in [0.4, 0.5) is 0 Å². The van der Waals surface area contributed by atoms with E-state index >= 15 is 0 Å². The first kappa shape index (κ1) is 7.59. The maximum absolute atomic E-state index is 2.27. The molecule has 0 amide bonds. The maximum atomic E-state index is 2.27. The summed E-state index contributed by atoms with van der Waals surface area (Å²) in [7, 11) is 0. The highest BCUT2D eigenvalue weighted by atomic mass is 14.1. The van der Waals surface area contributed by atoms with Crippen LogP contribution in [0, 0.1) is 11.8 Å². The van der Waals surface area contributed by atoms with E-state index in [1.807, 2.05) is 0 Å². The van der Waals surface area contributed by atoms with E-state index in [1.165, 1.54) is 6.42 Å². The third kappa shape index (κ3) is 1.73. The Morgan fingerprint density at radius 3 is 2.60 bits per heavy atom. The van der Waals surface area contributed by atoms with Gasteiger partial charge in [-0.25, -0.2) is 0 Å². The van der Waals surface area contributed by atoms with Crippen molar-refractivity contribution < 1.29 is 0 Å². The molecule has 0 heterocycles. The van der Waals surface area contributed by atoms with Gasteiger partial charge in [-0.15, -0.1) is 0 Å². The Hall–Kier alpha value is -0.520. The zero-order chi connectivity index (χ0) is 7.56. The molecule has 0 aromatic heterocycles. The van der Waals surface area contributed by atoms with E-state index in [2.05, 4.69) is 39.0 Å². The van der Waals surface area contributed by atoms with Crippen molar-refractivity contribution >= 4 is 0 Å². The van der Waals surface area contributed by atoms with Gasteiger partial charge in [-0.1, -0.05) is 44.6 Å². The summed E-state index contributed by atoms with van der Waals surface area (Å²) in [5.74, 6) is 1.48. The molecule has 56 valence electrons. The number of allylic oxidation sites excluding steroid dienone is 4. The molecule has 1 unspecified atom stereocenters. The minimum Gasteiger partial charge on any atom is -0.0814 e. The van der Waals surface area contributed by atoms with Crippen LogP contribution in [-0.2, 0) is 0 Å². The lowest BCUT2D eigenvalue weighted by atomic mass is 9.89. The van der Waals surface area contributed by atoms with Gasteiger partial charge in [-0.3, -0.25) is 0 Å². The second kappa shape index (κ2) is 3.05. The second-order valence-electron chi connectivity index (χ2n) is 3.46. The zero-order valence-corrected chi connectivity index (χ0v) is 7.09. The van der Waals surface area contributed by atoms with Crippen LogP contribution in [0.5, 0.6) is 0 Å². The third-order valence-corrected chi connectivity index (χ3v) is 2.05. The summed E-state index contributed by atoms with van der Waals surface area (Å²) in [6.45, 7) is 6.79. The Morgan fingerprint density at radius 1 is 1.50 bits per heavy atom. The Balaban J connectivity index is 2.61. The van der Waals surface area contributed by atoms with Crippen LogP contribution in [-0.4, -0.2) is 0 Å². The van der Waals surface area contributed by atoms with Crippen molar-refractivity contribution in [3.05, 3.63) is 23.8 Å². The number of hydrogen-bond donors (Lipinski definition) is 0. The molecule has 1 aliphatic rings. The first-order valence-electron chi connectivity index (χ1n) is 4.07. The summed E-state index contributed by atoms with van der Waals surface area (Å²) in [6, 6.07) is 0. The molecule has 0 heteroatoms. The quantitative estimate of drug-likeness (QED) is 0.519. The fourth-order valence-corrected chi connectivity index (χ4v) is 1.30. The van der Waals surface area contributed by atoms with Crippen LogP contribution >= 0.6 is 0 Å². The van der Waals surface area contributed by atoms with E-state index in [0.717, 1.165) is 11.8 Å². The first-order chi connectivity index (χ1) is 4.70. The average molecular weight is 136 g/mol. The normalized spacial score (nSPS) is 25.2. The van der Waals surface area contributed by atoms with Crippen LogP contribution in [0.3, 0.4) is 0 Å². The summed E-state index contributed by atoms with van der Waals surface area (Å²) in [4.78, 5) is 0. The molecule has 0 aliphatic heterocycles. The molecule has 0 fully saturated rings. The van der Waals surface area contributed by atoms with E-state index in [0.29, 0.717) is 0 Å². The molecule has 0 nitrogen and oxygen atoms in total. The van der Waals surface area contributed by atoms with Crippen molar-refractivity contribution in [1.82, 2.24) is 0 Å². The molecular weight excluding hydrogens is 120 g/mol. The van der Waals surface area contributed by atoms with Crippen molar-refractivity contribution in [2.75, 3.05) is 0 Å². The van der Waals surface area contributed by atoms with Crippen LogP contribution in [0.25, 0.3) is 0 Å². The van der Waals surface area contributed by atoms with Crippen molar-refractivity contribution in [2.24, 2.45) is 11.8 Å². The minimum atomic E-state index is 0.729. The van der Waals surface area contributed by atoms with Crippen LogP contribution in [0.15, 0.2) is 23.8 Å². The first-order valence-corrected chi connectivity index (χ1v) is 4.07. The van der Waals surface area contributed by atoms with E-state index < -0.39 is 0 Å². The van der Waals surface area contributed by atoms with Gasteiger partial charge in [0.15, 0.2) is 0 Å². The predicted octanol–water partition coefficient (Wildman–Crippen LogP) is 3.16. The Kier molecular flexibility index (Phi) is 2.31. The summed E-state index contributed by atoms with van der Waals surface area (Å²) in [5.41, 5.74) is 1.59. The van der Waals surface area contributed by atoms with Gasteiger partial charge in [0.05, 0.1) is 0 Å².